The molecule has 0 saturated heterocycles. The van der Waals surface area contributed by atoms with Crippen molar-refractivity contribution in [2.24, 2.45) is 0 Å². The number of rotatable bonds is 5. The highest BCUT2D eigenvalue weighted by atomic mass is 16.5. The molecule has 0 unspecified atom stereocenters. The number of Topliss-reactive ketones (excluding diaryl/α,β-unsaturated/α-hetero) is 1. The molecule has 1 aromatic heterocycles. The number of fused-ring (bicyclic) bond motifs is 4. The SMILES string of the molecule is COC(=O)C[C@H]1c2cccnc2Oc2ccc3c(c21)O/C(=C\c1ccc(OC)c(OC)c1)C3=O. The molecule has 2 aromatic carbocycles. The van der Waals surface area contributed by atoms with Crippen molar-refractivity contribution in [2.75, 3.05) is 21.3 Å². The van der Waals surface area contributed by atoms with Crippen LogP contribution in [-0.2, 0) is 9.53 Å². The van der Waals surface area contributed by atoms with Crippen molar-refractivity contribution in [3.8, 4) is 28.9 Å². The third-order valence-electron chi connectivity index (χ3n) is 5.87. The van der Waals surface area contributed by atoms with Crippen LogP contribution in [0.4, 0.5) is 0 Å². The zero-order valence-electron chi connectivity index (χ0n) is 18.8. The predicted octanol–water partition coefficient (Wildman–Crippen LogP) is 4.52. The summed E-state index contributed by atoms with van der Waals surface area (Å²) in [6.07, 6.45) is 3.32. The first-order valence-electron chi connectivity index (χ1n) is 10.6. The van der Waals surface area contributed by atoms with Crippen LogP contribution in [0.1, 0.15) is 39.4 Å². The number of hydrogen-bond acceptors (Lipinski definition) is 8. The maximum Gasteiger partial charge on any atom is 0.306 e. The normalized spacial score (nSPS) is 16.6. The van der Waals surface area contributed by atoms with Crippen molar-refractivity contribution < 1.29 is 33.3 Å². The molecule has 2 aliphatic rings. The average molecular weight is 459 g/mol. The number of hydrogen-bond donors (Lipinski definition) is 0. The Hall–Kier alpha value is -4.33. The molecule has 0 amide bonds. The van der Waals surface area contributed by atoms with E-state index in [2.05, 4.69) is 4.98 Å². The van der Waals surface area contributed by atoms with Crippen LogP contribution >= 0.6 is 0 Å². The minimum absolute atomic E-state index is 0.0499. The average Bonchev–Trinajstić information content (AvgIpc) is 3.18. The number of ketones is 1. The molecule has 2 aliphatic heterocycles. The fourth-order valence-corrected chi connectivity index (χ4v) is 4.24. The van der Waals surface area contributed by atoms with Gasteiger partial charge >= 0.3 is 5.97 Å². The fraction of sp³-hybridized carbons (Fsp3) is 0.192. The minimum atomic E-state index is -0.442. The van der Waals surface area contributed by atoms with Crippen LogP contribution in [-0.4, -0.2) is 38.1 Å². The van der Waals surface area contributed by atoms with Crippen LogP contribution in [0.5, 0.6) is 28.9 Å². The lowest BCUT2D eigenvalue weighted by atomic mass is 9.85. The third-order valence-corrected chi connectivity index (χ3v) is 5.87. The van der Waals surface area contributed by atoms with Gasteiger partial charge in [0.25, 0.3) is 0 Å². The Morgan fingerprint density at radius 2 is 1.88 bits per heavy atom. The molecule has 3 heterocycles. The first-order valence-corrected chi connectivity index (χ1v) is 10.6. The molecule has 0 spiro atoms. The van der Waals surface area contributed by atoms with E-state index in [4.69, 9.17) is 23.7 Å². The van der Waals surface area contributed by atoms with E-state index in [1.54, 1.807) is 62.9 Å². The monoisotopic (exact) mass is 459 g/mol. The molecule has 0 N–H and O–H groups in total. The maximum absolute atomic E-state index is 13.2. The molecule has 0 aliphatic carbocycles. The van der Waals surface area contributed by atoms with Crippen LogP contribution in [0.15, 0.2) is 54.4 Å². The lowest BCUT2D eigenvalue weighted by Crippen LogP contribution is -2.16. The molecular weight excluding hydrogens is 438 g/mol. The summed E-state index contributed by atoms with van der Waals surface area (Å²) in [5.41, 5.74) is 2.45. The van der Waals surface area contributed by atoms with Gasteiger partial charge in [0.2, 0.25) is 11.7 Å². The fourth-order valence-electron chi connectivity index (χ4n) is 4.24. The van der Waals surface area contributed by atoms with Crippen molar-refractivity contribution in [3.63, 3.8) is 0 Å². The van der Waals surface area contributed by atoms with Crippen LogP contribution < -0.4 is 18.9 Å². The molecule has 172 valence electrons. The summed E-state index contributed by atoms with van der Waals surface area (Å²) in [6.45, 7) is 0. The summed E-state index contributed by atoms with van der Waals surface area (Å²) in [7, 11) is 4.44. The van der Waals surface area contributed by atoms with Gasteiger partial charge in [0.1, 0.15) is 11.5 Å². The van der Waals surface area contributed by atoms with E-state index in [0.29, 0.717) is 45.6 Å². The number of esters is 1. The molecule has 0 radical (unpaired) electrons. The molecule has 0 fully saturated rings. The second-order valence-corrected chi connectivity index (χ2v) is 7.74. The summed E-state index contributed by atoms with van der Waals surface area (Å²) in [6, 6.07) is 12.3. The Balaban J connectivity index is 1.58. The van der Waals surface area contributed by atoms with Crippen molar-refractivity contribution in [1.82, 2.24) is 4.98 Å². The van der Waals surface area contributed by atoms with Crippen LogP contribution in [0.25, 0.3) is 6.08 Å². The molecule has 8 heteroatoms. The number of ether oxygens (including phenoxy) is 5. The van der Waals surface area contributed by atoms with Gasteiger partial charge < -0.3 is 23.7 Å². The number of allylic oxidation sites excluding steroid dienone is 1. The topological polar surface area (TPSA) is 93.2 Å². The second-order valence-electron chi connectivity index (χ2n) is 7.74. The van der Waals surface area contributed by atoms with Gasteiger partial charge in [-0.15, -0.1) is 0 Å². The largest absolute Gasteiger partial charge is 0.493 e. The number of aromatic nitrogens is 1. The van der Waals surface area contributed by atoms with Gasteiger partial charge in [0.05, 0.1) is 33.3 Å². The highest BCUT2D eigenvalue weighted by Gasteiger charge is 2.39. The number of benzene rings is 2. The van der Waals surface area contributed by atoms with Crippen molar-refractivity contribution >= 4 is 17.8 Å². The van der Waals surface area contributed by atoms with Gasteiger partial charge in [0.15, 0.2) is 17.3 Å². The van der Waals surface area contributed by atoms with Gasteiger partial charge in [-0.3, -0.25) is 9.59 Å². The van der Waals surface area contributed by atoms with Crippen molar-refractivity contribution in [3.05, 3.63) is 76.7 Å². The quantitative estimate of drug-likeness (QED) is 0.406. The third kappa shape index (κ3) is 3.53. The molecular formula is C26H21NO7. The minimum Gasteiger partial charge on any atom is -0.493 e. The first kappa shape index (κ1) is 21.5. The maximum atomic E-state index is 13.2. The van der Waals surface area contributed by atoms with Gasteiger partial charge in [-0.25, -0.2) is 4.98 Å². The van der Waals surface area contributed by atoms with Crippen LogP contribution in [0, 0.1) is 0 Å². The van der Waals surface area contributed by atoms with E-state index in [9.17, 15) is 9.59 Å². The number of carbonyl (C=O) groups is 2. The highest BCUT2D eigenvalue weighted by molar-refractivity contribution is 6.15. The van der Waals surface area contributed by atoms with Crippen LogP contribution in [0.2, 0.25) is 0 Å². The Labute approximate surface area is 195 Å². The number of carbonyl (C=O) groups excluding carboxylic acids is 2. The lowest BCUT2D eigenvalue weighted by Gasteiger charge is -2.27. The van der Waals surface area contributed by atoms with Gasteiger partial charge in [-0.1, -0.05) is 12.1 Å². The first-order chi connectivity index (χ1) is 16.5. The Kier molecular flexibility index (Phi) is 5.41. The number of methoxy groups -OCH3 is 3. The summed E-state index contributed by atoms with van der Waals surface area (Å²) in [5.74, 6) is 1.44. The van der Waals surface area contributed by atoms with Crippen molar-refractivity contribution in [2.45, 2.75) is 12.3 Å². The van der Waals surface area contributed by atoms with E-state index < -0.39 is 11.9 Å². The molecule has 0 saturated carbocycles. The Bertz CT molecular complexity index is 1340. The van der Waals surface area contributed by atoms with Gasteiger partial charge in [-0.2, -0.15) is 0 Å². The standard InChI is InChI=1S/C26H21NO7/c1-30-18-8-6-14(11-20(18)31-2)12-21-24(29)16-7-9-19-23(25(16)33-21)17(13-22(28)32-3)15-5-4-10-27-26(15)34-19/h4-12,17H,13H2,1-3H3/b21-12-/t17-/m0/s1. The molecule has 3 aromatic rings. The molecule has 8 nitrogen and oxygen atoms in total. The summed E-state index contributed by atoms with van der Waals surface area (Å²) in [5, 5.41) is 0. The van der Waals surface area contributed by atoms with E-state index in [-0.39, 0.29) is 18.0 Å². The Morgan fingerprint density at radius 3 is 2.65 bits per heavy atom. The summed E-state index contributed by atoms with van der Waals surface area (Å²) >= 11 is 0. The number of nitrogens with zero attached hydrogens (tertiary/aromatic N) is 1. The second kappa shape index (κ2) is 8.55. The van der Waals surface area contributed by atoms with Crippen LogP contribution in [0.3, 0.4) is 0 Å². The Morgan fingerprint density at radius 1 is 1.06 bits per heavy atom. The zero-order chi connectivity index (χ0) is 23.8. The lowest BCUT2D eigenvalue weighted by molar-refractivity contribution is -0.140. The van der Waals surface area contributed by atoms with Gasteiger partial charge in [-0.05, 0) is 42.0 Å². The van der Waals surface area contributed by atoms with E-state index >= 15 is 0 Å². The summed E-state index contributed by atoms with van der Waals surface area (Å²) < 4.78 is 27.6. The van der Waals surface area contributed by atoms with Crippen molar-refractivity contribution in [1.29, 1.82) is 0 Å². The number of pyridine rings is 1. The highest BCUT2D eigenvalue weighted by Crippen LogP contribution is 2.52. The molecule has 5 rings (SSSR count). The van der Waals surface area contributed by atoms with E-state index in [1.807, 2.05) is 6.07 Å². The molecule has 34 heavy (non-hydrogen) atoms. The predicted molar refractivity (Wildman–Crippen MR) is 122 cm³/mol. The van der Waals surface area contributed by atoms with E-state index in [1.165, 1.54) is 7.11 Å². The zero-order valence-corrected chi connectivity index (χ0v) is 18.8. The smallest absolute Gasteiger partial charge is 0.306 e. The molecule has 0 bridgehead atoms. The summed E-state index contributed by atoms with van der Waals surface area (Å²) in [4.78, 5) is 29.8. The molecule has 1 atom stereocenters. The van der Waals surface area contributed by atoms with Gasteiger partial charge in [0, 0.05) is 23.2 Å². The van der Waals surface area contributed by atoms with E-state index in [0.717, 1.165) is 5.56 Å².